The van der Waals surface area contributed by atoms with E-state index in [4.69, 9.17) is 0 Å². The summed E-state index contributed by atoms with van der Waals surface area (Å²) in [6, 6.07) is 6.48. The van der Waals surface area contributed by atoms with E-state index in [0.717, 1.165) is 5.56 Å². The van der Waals surface area contributed by atoms with Gasteiger partial charge in [0.25, 0.3) is 0 Å². The summed E-state index contributed by atoms with van der Waals surface area (Å²) >= 11 is 6.51. The van der Waals surface area contributed by atoms with E-state index in [-0.39, 0.29) is 9.49 Å². The first kappa shape index (κ1) is 10.9. The number of ether oxygens (including phenoxy) is 1. The Morgan fingerprint density at radius 2 is 1.92 bits per heavy atom. The minimum Gasteiger partial charge on any atom is -0.435 e. The van der Waals surface area contributed by atoms with Crippen molar-refractivity contribution < 1.29 is 13.5 Å². The van der Waals surface area contributed by atoms with E-state index < -0.39 is 6.61 Å². The monoisotopic (exact) mass is 314 g/mol. The van der Waals surface area contributed by atoms with E-state index in [9.17, 15) is 8.78 Å². The van der Waals surface area contributed by atoms with E-state index in [0.29, 0.717) is 0 Å². The van der Waals surface area contributed by atoms with Crippen molar-refractivity contribution in [3.05, 3.63) is 29.8 Å². The van der Waals surface area contributed by atoms with Gasteiger partial charge in [-0.05, 0) is 17.7 Å². The van der Waals surface area contributed by atoms with Crippen molar-refractivity contribution in [1.82, 2.24) is 0 Å². The average molecular weight is 316 g/mol. The highest BCUT2D eigenvalue weighted by Gasteiger charge is 2.07. The van der Waals surface area contributed by atoms with Crippen molar-refractivity contribution in [2.45, 2.75) is 10.3 Å². The van der Waals surface area contributed by atoms with Crippen LogP contribution in [0.5, 0.6) is 5.75 Å². The average Bonchev–Trinajstić information content (AvgIpc) is 2.03. The Morgan fingerprint density at radius 1 is 1.23 bits per heavy atom. The molecule has 0 amide bonds. The maximum absolute atomic E-state index is 11.8. The van der Waals surface area contributed by atoms with Crippen LogP contribution < -0.4 is 4.74 Å². The Balaban J connectivity index is 2.79. The molecule has 5 heteroatoms. The highest BCUT2D eigenvalue weighted by atomic mass is 79.9. The Hall–Kier alpha value is -0.160. The van der Waals surface area contributed by atoms with E-state index in [1.54, 1.807) is 18.2 Å². The fourth-order valence-electron chi connectivity index (χ4n) is 0.826. The lowest BCUT2D eigenvalue weighted by Crippen LogP contribution is -2.01. The normalized spacial score (nSPS) is 10.9. The molecule has 0 saturated carbocycles. The minimum absolute atomic E-state index is 0.0544. The summed E-state index contributed by atoms with van der Waals surface area (Å²) in [5, 5.41) is 0. The van der Waals surface area contributed by atoms with Gasteiger partial charge in [-0.2, -0.15) is 8.78 Å². The largest absolute Gasteiger partial charge is 0.435 e. The fraction of sp³-hybridized carbons (Fsp3) is 0.250. The summed E-state index contributed by atoms with van der Waals surface area (Å²) in [6.07, 6.45) is 0. The van der Waals surface area contributed by atoms with Gasteiger partial charge in [0.05, 0.1) is 3.74 Å². The first-order valence-corrected chi connectivity index (χ1v) is 5.25. The molecule has 0 unspecified atom stereocenters. The van der Waals surface area contributed by atoms with Crippen molar-refractivity contribution in [3.8, 4) is 5.75 Å². The molecule has 0 N–H and O–H groups in total. The molecule has 1 nitrogen and oxygen atoms in total. The van der Waals surface area contributed by atoms with E-state index in [2.05, 4.69) is 36.6 Å². The van der Waals surface area contributed by atoms with Crippen LogP contribution >= 0.6 is 31.9 Å². The third kappa shape index (κ3) is 3.60. The second kappa shape index (κ2) is 4.91. The molecule has 0 heterocycles. The van der Waals surface area contributed by atoms with E-state index >= 15 is 0 Å². The molecule has 0 bridgehead atoms. The van der Waals surface area contributed by atoms with Gasteiger partial charge in [0.1, 0.15) is 5.75 Å². The van der Waals surface area contributed by atoms with Crippen LogP contribution in [0, 0.1) is 0 Å². The van der Waals surface area contributed by atoms with Crippen molar-refractivity contribution in [2.75, 3.05) is 0 Å². The maximum atomic E-state index is 11.8. The highest BCUT2D eigenvalue weighted by Crippen LogP contribution is 2.31. The lowest BCUT2D eigenvalue weighted by molar-refractivity contribution is -0.0498. The van der Waals surface area contributed by atoms with Crippen LogP contribution in [0.4, 0.5) is 8.78 Å². The summed E-state index contributed by atoms with van der Waals surface area (Å²) in [7, 11) is 0. The molecule has 0 aliphatic heterocycles. The highest BCUT2D eigenvalue weighted by molar-refractivity contribution is 9.24. The zero-order valence-electron chi connectivity index (χ0n) is 6.38. The second-order valence-corrected chi connectivity index (χ2v) is 5.31. The Bertz CT molecular complexity index is 279. The van der Waals surface area contributed by atoms with Crippen LogP contribution in [0.25, 0.3) is 0 Å². The summed E-state index contributed by atoms with van der Waals surface area (Å²) < 4.78 is 27.8. The number of hydrogen-bond acceptors (Lipinski definition) is 1. The lowest BCUT2D eigenvalue weighted by atomic mass is 10.2. The van der Waals surface area contributed by atoms with E-state index in [1.165, 1.54) is 6.07 Å². The quantitative estimate of drug-likeness (QED) is 0.764. The predicted octanol–water partition coefficient (Wildman–Crippen LogP) is 4.08. The van der Waals surface area contributed by atoms with Crippen LogP contribution in [0.1, 0.15) is 9.30 Å². The first-order chi connectivity index (χ1) is 6.09. The van der Waals surface area contributed by atoms with E-state index in [1.807, 2.05) is 0 Å². The SMILES string of the molecule is FC(F)Oc1cccc(C(Br)Br)c1. The molecule has 1 aromatic rings. The van der Waals surface area contributed by atoms with Crippen LogP contribution in [-0.4, -0.2) is 6.61 Å². The standard InChI is InChI=1S/C8H6Br2F2O/c9-7(10)5-2-1-3-6(4-5)13-8(11)12/h1-4,7-8H. The molecular formula is C8H6Br2F2O. The van der Waals surface area contributed by atoms with Gasteiger partial charge in [-0.25, -0.2) is 0 Å². The van der Waals surface area contributed by atoms with Gasteiger partial charge in [0.2, 0.25) is 0 Å². The molecule has 1 rings (SSSR count). The van der Waals surface area contributed by atoms with Gasteiger partial charge in [0, 0.05) is 0 Å². The summed E-state index contributed by atoms with van der Waals surface area (Å²) in [5.41, 5.74) is 0.832. The first-order valence-electron chi connectivity index (χ1n) is 3.42. The maximum Gasteiger partial charge on any atom is 0.387 e. The zero-order chi connectivity index (χ0) is 9.84. The van der Waals surface area contributed by atoms with Crippen LogP contribution in [0.3, 0.4) is 0 Å². The molecule has 0 fully saturated rings. The molecule has 0 aromatic heterocycles. The summed E-state index contributed by atoms with van der Waals surface area (Å²) in [6.45, 7) is -2.78. The third-order valence-corrected chi connectivity index (χ3v) is 2.39. The van der Waals surface area contributed by atoms with Gasteiger partial charge < -0.3 is 4.74 Å². The molecule has 0 saturated heterocycles. The summed E-state index contributed by atoms with van der Waals surface area (Å²) in [5.74, 6) is 0.163. The van der Waals surface area contributed by atoms with Gasteiger partial charge in [0.15, 0.2) is 0 Å². The number of alkyl halides is 4. The zero-order valence-corrected chi connectivity index (χ0v) is 9.56. The molecule has 0 aliphatic carbocycles. The van der Waals surface area contributed by atoms with Crippen LogP contribution in [-0.2, 0) is 0 Å². The number of hydrogen-bond donors (Lipinski definition) is 0. The molecule has 13 heavy (non-hydrogen) atoms. The van der Waals surface area contributed by atoms with Gasteiger partial charge >= 0.3 is 6.61 Å². The molecule has 1 aromatic carbocycles. The van der Waals surface area contributed by atoms with Crippen LogP contribution in [0.15, 0.2) is 24.3 Å². The topological polar surface area (TPSA) is 9.23 Å². The van der Waals surface area contributed by atoms with Gasteiger partial charge in [-0.1, -0.05) is 44.0 Å². The Kier molecular flexibility index (Phi) is 4.12. The molecule has 72 valence electrons. The number of rotatable bonds is 3. The van der Waals surface area contributed by atoms with Crippen molar-refractivity contribution >= 4 is 31.9 Å². The predicted molar refractivity (Wildman–Crippen MR) is 53.7 cm³/mol. The number of halogens is 4. The van der Waals surface area contributed by atoms with Gasteiger partial charge in [-0.15, -0.1) is 0 Å². The van der Waals surface area contributed by atoms with Crippen molar-refractivity contribution in [2.24, 2.45) is 0 Å². The number of benzene rings is 1. The van der Waals surface area contributed by atoms with Gasteiger partial charge in [-0.3, -0.25) is 0 Å². The third-order valence-electron chi connectivity index (χ3n) is 1.34. The molecule has 0 spiro atoms. The molecule has 0 radical (unpaired) electrons. The minimum atomic E-state index is -2.78. The fourth-order valence-corrected chi connectivity index (χ4v) is 1.40. The molecular weight excluding hydrogens is 310 g/mol. The van der Waals surface area contributed by atoms with Crippen molar-refractivity contribution in [3.63, 3.8) is 0 Å². The molecule has 0 aliphatic rings. The second-order valence-electron chi connectivity index (χ2n) is 2.25. The van der Waals surface area contributed by atoms with Crippen LogP contribution in [0.2, 0.25) is 0 Å². The smallest absolute Gasteiger partial charge is 0.387 e. The molecule has 0 atom stereocenters. The Morgan fingerprint density at radius 3 is 2.46 bits per heavy atom. The summed E-state index contributed by atoms with van der Waals surface area (Å²) in [4.78, 5) is 0. The Labute approximate surface area is 91.3 Å². The lowest BCUT2D eigenvalue weighted by Gasteiger charge is -2.06. The van der Waals surface area contributed by atoms with Crippen molar-refractivity contribution in [1.29, 1.82) is 0 Å².